The minimum atomic E-state index is -4.73. The van der Waals surface area contributed by atoms with Gasteiger partial charge in [0.2, 0.25) is 5.91 Å². The number of benzene rings is 3. The molecule has 1 aliphatic heterocycles. The molecule has 0 unspecified atom stereocenters. The Balaban J connectivity index is 1.61. The Morgan fingerprint density at radius 1 is 0.892 bits per heavy atom. The minimum absolute atomic E-state index is 0.177. The minimum Gasteiger partial charge on any atom is -0.368 e. The van der Waals surface area contributed by atoms with Crippen molar-refractivity contribution in [2.24, 2.45) is 0 Å². The molecule has 0 saturated carbocycles. The second-order valence-corrected chi connectivity index (χ2v) is 11.0. The average Bonchev–Trinajstić information content (AvgIpc) is 2.88. The van der Waals surface area contributed by atoms with E-state index in [1.165, 1.54) is 29.2 Å². The number of anilines is 2. The van der Waals surface area contributed by atoms with Crippen molar-refractivity contribution in [2.45, 2.75) is 11.1 Å². The maximum atomic E-state index is 13.5. The predicted octanol–water partition coefficient (Wildman–Crippen LogP) is 5.56. The normalized spacial score (nSPS) is 14.5. The second kappa shape index (κ2) is 10.8. The molecule has 1 saturated heterocycles. The number of rotatable bonds is 6. The zero-order chi connectivity index (χ0) is 26.8. The van der Waals surface area contributed by atoms with Gasteiger partial charge in [-0.2, -0.15) is 13.2 Å². The molecule has 1 amide bonds. The van der Waals surface area contributed by atoms with Crippen molar-refractivity contribution in [1.29, 1.82) is 0 Å². The van der Waals surface area contributed by atoms with E-state index in [0.717, 1.165) is 17.8 Å². The number of hydrogen-bond donors (Lipinski definition) is 0. The number of hydrogen-bond acceptors (Lipinski definition) is 4. The van der Waals surface area contributed by atoms with Gasteiger partial charge in [-0.1, -0.05) is 41.4 Å². The van der Waals surface area contributed by atoms with Crippen LogP contribution in [0.2, 0.25) is 10.0 Å². The van der Waals surface area contributed by atoms with Crippen LogP contribution in [0.25, 0.3) is 0 Å². The smallest absolute Gasteiger partial charge is 0.368 e. The summed E-state index contributed by atoms with van der Waals surface area (Å²) in [6.07, 6.45) is -4.73. The molecule has 0 radical (unpaired) electrons. The molecular formula is C25H22Cl2F3N3O3S. The number of sulfonamides is 1. The molecule has 0 bridgehead atoms. The SMILES string of the molecule is O=C(CN(c1cc(C(F)(F)F)ccc1Cl)S(=O)(=O)c1ccccc1)N1CCN(c2ccc(Cl)cc2)CC1. The third kappa shape index (κ3) is 6.14. The maximum absolute atomic E-state index is 13.5. The lowest BCUT2D eigenvalue weighted by atomic mass is 10.2. The number of carbonyl (C=O) groups excluding carboxylic acids is 1. The molecule has 0 atom stereocenters. The van der Waals surface area contributed by atoms with Crippen molar-refractivity contribution in [1.82, 2.24) is 4.90 Å². The van der Waals surface area contributed by atoms with Crippen LogP contribution in [0.15, 0.2) is 77.7 Å². The molecular weight excluding hydrogens is 550 g/mol. The molecule has 3 aromatic rings. The van der Waals surface area contributed by atoms with E-state index in [0.29, 0.717) is 41.6 Å². The zero-order valence-electron chi connectivity index (χ0n) is 19.3. The van der Waals surface area contributed by atoms with E-state index >= 15 is 0 Å². The summed E-state index contributed by atoms with van der Waals surface area (Å²) < 4.78 is 68.0. The molecule has 0 N–H and O–H groups in total. The summed E-state index contributed by atoms with van der Waals surface area (Å²) in [6.45, 7) is 0.874. The molecule has 1 heterocycles. The van der Waals surface area contributed by atoms with E-state index in [2.05, 4.69) is 4.90 Å². The molecule has 12 heteroatoms. The van der Waals surface area contributed by atoms with Crippen molar-refractivity contribution in [3.05, 3.63) is 88.4 Å². The fourth-order valence-electron chi connectivity index (χ4n) is 3.99. The van der Waals surface area contributed by atoms with Crippen LogP contribution in [0.1, 0.15) is 5.56 Å². The van der Waals surface area contributed by atoms with E-state index < -0.39 is 39.9 Å². The van der Waals surface area contributed by atoms with Gasteiger partial charge in [-0.15, -0.1) is 0 Å². The highest BCUT2D eigenvalue weighted by Gasteiger charge is 2.35. The predicted molar refractivity (Wildman–Crippen MR) is 138 cm³/mol. The Labute approximate surface area is 222 Å². The summed E-state index contributed by atoms with van der Waals surface area (Å²) in [7, 11) is -4.42. The topological polar surface area (TPSA) is 60.9 Å². The van der Waals surface area contributed by atoms with Gasteiger partial charge >= 0.3 is 6.18 Å². The summed E-state index contributed by atoms with van der Waals surface area (Å²) >= 11 is 12.1. The van der Waals surface area contributed by atoms with Crippen LogP contribution >= 0.6 is 23.2 Å². The zero-order valence-corrected chi connectivity index (χ0v) is 21.7. The lowest BCUT2D eigenvalue weighted by molar-refractivity contribution is -0.137. The van der Waals surface area contributed by atoms with E-state index in [1.807, 2.05) is 12.1 Å². The van der Waals surface area contributed by atoms with Crippen molar-refractivity contribution >= 4 is 50.5 Å². The van der Waals surface area contributed by atoms with Crippen LogP contribution in [0.3, 0.4) is 0 Å². The summed E-state index contributed by atoms with van der Waals surface area (Å²) in [6, 6.07) is 16.8. The Morgan fingerprint density at radius 2 is 1.51 bits per heavy atom. The lowest BCUT2D eigenvalue weighted by Crippen LogP contribution is -2.52. The highest BCUT2D eigenvalue weighted by molar-refractivity contribution is 7.92. The van der Waals surface area contributed by atoms with Gasteiger partial charge < -0.3 is 9.80 Å². The first-order chi connectivity index (χ1) is 17.5. The Morgan fingerprint density at radius 3 is 2.11 bits per heavy atom. The molecule has 3 aromatic carbocycles. The first kappa shape index (κ1) is 27.1. The number of nitrogens with zero attached hydrogens (tertiary/aromatic N) is 3. The van der Waals surface area contributed by atoms with E-state index in [1.54, 1.807) is 18.2 Å². The van der Waals surface area contributed by atoms with Crippen LogP contribution in [0.4, 0.5) is 24.5 Å². The van der Waals surface area contributed by atoms with Gasteiger partial charge in [0.05, 0.1) is 21.2 Å². The number of piperazine rings is 1. The van der Waals surface area contributed by atoms with Crippen molar-refractivity contribution in [3.8, 4) is 0 Å². The Hall–Kier alpha value is -2.95. The van der Waals surface area contributed by atoms with Gasteiger partial charge in [-0.05, 0) is 54.6 Å². The third-order valence-corrected chi connectivity index (χ3v) is 8.32. The third-order valence-electron chi connectivity index (χ3n) is 5.98. The molecule has 37 heavy (non-hydrogen) atoms. The van der Waals surface area contributed by atoms with E-state index in [9.17, 15) is 26.4 Å². The first-order valence-electron chi connectivity index (χ1n) is 11.2. The number of amides is 1. The highest BCUT2D eigenvalue weighted by atomic mass is 35.5. The Kier molecular flexibility index (Phi) is 7.91. The van der Waals surface area contributed by atoms with E-state index in [-0.39, 0.29) is 9.92 Å². The van der Waals surface area contributed by atoms with Gasteiger partial charge in [0.15, 0.2) is 0 Å². The lowest BCUT2D eigenvalue weighted by Gasteiger charge is -2.37. The molecule has 1 aliphatic rings. The fourth-order valence-corrected chi connectivity index (χ4v) is 5.83. The number of halogens is 5. The summed E-state index contributed by atoms with van der Waals surface area (Å²) in [5.74, 6) is -0.552. The standard InChI is InChI=1S/C25H22Cl2F3N3O3S/c26-19-7-9-20(10-8-19)31-12-14-32(15-13-31)24(34)17-33(37(35,36)21-4-2-1-3-5-21)23-16-18(25(28,29)30)6-11-22(23)27/h1-11,16H,12-15,17H2. The van der Waals surface area contributed by atoms with Gasteiger partial charge in [-0.25, -0.2) is 8.42 Å². The molecule has 6 nitrogen and oxygen atoms in total. The largest absolute Gasteiger partial charge is 0.416 e. The first-order valence-corrected chi connectivity index (χ1v) is 13.4. The maximum Gasteiger partial charge on any atom is 0.416 e. The van der Waals surface area contributed by atoms with Crippen LogP contribution in [-0.4, -0.2) is 51.9 Å². The molecule has 1 fully saturated rings. The summed E-state index contributed by atoms with van der Waals surface area (Å²) in [5.41, 5.74) is -0.571. The van der Waals surface area contributed by atoms with Gasteiger partial charge in [-0.3, -0.25) is 9.10 Å². The van der Waals surface area contributed by atoms with Crippen molar-refractivity contribution in [3.63, 3.8) is 0 Å². The molecule has 0 aromatic heterocycles. The van der Waals surface area contributed by atoms with Crippen LogP contribution in [0, 0.1) is 0 Å². The van der Waals surface area contributed by atoms with E-state index in [4.69, 9.17) is 23.2 Å². The van der Waals surface area contributed by atoms with Crippen LogP contribution in [-0.2, 0) is 21.0 Å². The second-order valence-electron chi connectivity index (χ2n) is 8.33. The molecule has 0 aliphatic carbocycles. The number of alkyl halides is 3. The van der Waals surface area contributed by atoms with Crippen LogP contribution < -0.4 is 9.21 Å². The van der Waals surface area contributed by atoms with Gasteiger partial charge in [0, 0.05) is 36.9 Å². The van der Waals surface area contributed by atoms with Crippen molar-refractivity contribution in [2.75, 3.05) is 41.9 Å². The van der Waals surface area contributed by atoms with Crippen molar-refractivity contribution < 1.29 is 26.4 Å². The molecule has 196 valence electrons. The monoisotopic (exact) mass is 571 g/mol. The average molecular weight is 572 g/mol. The van der Waals surface area contributed by atoms with Gasteiger partial charge in [0.1, 0.15) is 6.54 Å². The number of carbonyl (C=O) groups is 1. The summed E-state index contributed by atoms with van der Waals surface area (Å²) in [5, 5.41) is 0.374. The fraction of sp³-hybridized carbons (Fsp3) is 0.240. The quantitative estimate of drug-likeness (QED) is 0.389. The van der Waals surface area contributed by atoms with Gasteiger partial charge in [0.25, 0.3) is 10.0 Å². The Bertz CT molecular complexity index is 1360. The summed E-state index contributed by atoms with van der Waals surface area (Å²) in [4.78, 5) is 16.6. The molecule has 4 rings (SSSR count). The molecule has 0 spiro atoms. The highest BCUT2D eigenvalue weighted by Crippen LogP contribution is 2.37. The van der Waals surface area contributed by atoms with Crippen LogP contribution in [0.5, 0.6) is 0 Å².